The lowest BCUT2D eigenvalue weighted by molar-refractivity contribution is -0.143. The highest BCUT2D eigenvalue weighted by Gasteiger charge is 2.20. The molecule has 0 bridgehead atoms. The predicted octanol–water partition coefficient (Wildman–Crippen LogP) is 1.19. The summed E-state index contributed by atoms with van der Waals surface area (Å²) in [5, 5.41) is 19.7. The summed E-state index contributed by atoms with van der Waals surface area (Å²) in [5.74, 6) is -3.26. The lowest BCUT2D eigenvalue weighted by Gasteiger charge is -2.13. The maximum Gasteiger partial charge on any atom is 0.326 e. The monoisotopic (exact) mass is 297 g/mol. The Bertz CT molecular complexity index is 515. The van der Waals surface area contributed by atoms with Crippen LogP contribution in [0.25, 0.3) is 0 Å². The highest BCUT2D eigenvalue weighted by molar-refractivity contribution is 5.84. The van der Waals surface area contributed by atoms with Gasteiger partial charge >= 0.3 is 11.9 Å². The van der Waals surface area contributed by atoms with Crippen molar-refractivity contribution in [2.75, 3.05) is 0 Å². The summed E-state index contributed by atoms with van der Waals surface area (Å²) in [7, 11) is 0. The van der Waals surface area contributed by atoms with E-state index in [4.69, 9.17) is 10.2 Å². The number of hydrogen-bond acceptors (Lipinski definition) is 3. The molecule has 1 amide bonds. The quantitative estimate of drug-likeness (QED) is 0.668. The number of hydrogen-bond donors (Lipinski definition) is 3. The number of halogens is 1. The Morgan fingerprint density at radius 3 is 2.24 bits per heavy atom. The molecule has 1 atom stereocenters. The van der Waals surface area contributed by atoms with Gasteiger partial charge in [-0.05, 0) is 30.5 Å². The first-order valence-electron chi connectivity index (χ1n) is 6.37. The highest BCUT2D eigenvalue weighted by atomic mass is 19.1. The van der Waals surface area contributed by atoms with Gasteiger partial charge in [-0.25, -0.2) is 9.18 Å². The van der Waals surface area contributed by atoms with Gasteiger partial charge in [0, 0.05) is 12.8 Å². The van der Waals surface area contributed by atoms with Crippen LogP contribution < -0.4 is 5.32 Å². The van der Waals surface area contributed by atoms with Gasteiger partial charge in [-0.3, -0.25) is 9.59 Å². The van der Waals surface area contributed by atoms with Crippen LogP contribution in [0.3, 0.4) is 0 Å². The molecule has 0 radical (unpaired) electrons. The molecule has 0 aliphatic heterocycles. The molecule has 0 heterocycles. The first-order valence-corrected chi connectivity index (χ1v) is 6.37. The van der Waals surface area contributed by atoms with E-state index in [1.807, 2.05) is 0 Å². The van der Waals surface area contributed by atoms with Crippen molar-refractivity contribution in [3.8, 4) is 0 Å². The Morgan fingerprint density at radius 1 is 1.10 bits per heavy atom. The van der Waals surface area contributed by atoms with E-state index in [9.17, 15) is 18.8 Å². The van der Waals surface area contributed by atoms with Crippen LogP contribution >= 0.6 is 0 Å². The largest absolute Gasteiger partial charge is 0.481 e. The fraction of sp³-hybridized carbons (Fsp3) is 0.357. The third-order valence-corrected chi connectivity index (χ3v) is 2.83. The summed E-state index contributed by atoms with van der Waals surface area (Å²) < 4.78 is 12.7. The molecule has 6 nitrogen and oxygen atoms in total. The molecule has 0 aromatic heterocycles. The van der Waals surface area contributed by atoms with Crippen LogP contribution in [-0.2, 0) is 20.8 Å². The first-order chi connectivity index (χ1) is 9.88. The van der Waals surface area contributed by atoms with Crippen molar-refractivity contribution in [3.63, 3.8) is 0 Å². The van der Waals surface area contributed by atoms with Crippen LogP contribution in [0.4, 0.5) is 4.39 Å². The van der Waals surface area contributed by atoms with Crippen molar-refractivity contribution in [3.05, 3.63) is 35.6 Å². The topological polar surface area (TPSA) is 104 Å². The van der Waals surface area contributed by atoms with E-state index < -0.39 is 23.9 Å². The van der Waals surface area contributed by atoms with E-state index in [-0.39, 0.29) is 25.1 Å². The summed E-state index contributed by atoms with van der Waals surface area (Å²) in [6.07, 6.45) is -0.123. The molecule has 1 aromatic rings. The maximum absolute atomic E-state index is 12.7. The van der Waals surface area contributed by atoms with Gasteiger partial charge in [-0.1, -0.05) is 12.1 Å². The molecule has 0 saturated heterocycles. The van der Waals surface area contributed by atoms with E-state index in [0.717, 1.165) is 5.56 Å². The number of aliphatic carboxylic acids is 2. The predicted molar refractivity (Wildman–Crippen MR) is 71.2 cm³/mol. The van der Waals surface area contributed by atoms with Gasteiger partial charge in [-0.15, -0.1) is 0 Å². The maximum atomic E-state index is 12.7. The Balaban J connectivity index is 2.44. The molecule has 114 valence electrons. The number of aryl methyl sites for hydroxylation is 1. The average molecular weight is 297 g/mol. The summed E-state index contributed by atoms with van der Waals surface area (Å²) in [5.41, 5.74) is 0.754. The molecule has 3 N–H and O–H groups in total. The van der Waals surface area contributed by atoms with Crippen molar-refractivity contribution in [1.82, 2.24) is 5.32 Å². The van der Waals surface area contributed by atoms with Gasteiger partial charge in [0.25, 0.3) is 0 Å². The number of amides is 1. The van der Waals surface area contributed by atoms with Gasteiger partial charge in [0.15, 0.2) is 0 Å². The molecule has 0 aliphatic carbocycles. The highest BCUT2D eigenvalue weighted by Crippen LogP contribution is 2.06. The van der Waals surface area contributed by atoms with Crippen molar-refractivity contribution < 1.29 is 29.0 Å². The summed E-state index contributed by atoms with van der Waals surface area (Å²) in [6.45, 7) is 0. The number of carboxylic acid groups (broad SMARTS) is 2. The Labute approximate surface area is 120 Å². The molecule has 0 saturated carbocycles. The minimum atomic E-state index is -1.27. The zero-order chi connectivity index (χ0) is 15.8. The number of carboxylic acids is 2. The molecule has 21 heavy (non-hydrogen) atoms. The lowest BCUT2D eigenvalue weighted by Crippen LogP contribution is -2.41. The second-order valence-electron chi connectivity index (χ2n) is 4.52. The van der Waals surface area contributed by atoms with E-state index in [2.05, 4.69) is 5.32 Å². The van der Waals surface area contributed by atoms with Crippen molar-refractivity contribution in [2.24, 2.45) is 0 Å². The first kappa shape index (κ1) is 16.6. The third-order valence-electron chi connectivity index (χ3n) is 2.83. The molecule has 1 unspecified atom stereocenters. The molecular weight excluding hydrogens is 281 g/mol. The third kappa shape index (κ3) is 6.51. The van der Waals surface area contributed by atoms with Gasteiger partial charge in [0.2, 0.25) is 5.91 Å². The summed E-state index contributed by atoms with van der Waals surface area (Å²) in [4.78, 5) is 33.0. The molecule has 1 rings (SSSR count). The fourth-order valence-corrected chi connectivity index (χ4v) is 1.70. The minimum Gasteiger partial charge on any atom is -0.481 e. The van der Waals surface area contributed by atoms with Crippen molar-refractivity contribution >= 4 is 17.8 Å². The van der Waals surface area contributed by atoms with Gasteiger partial charge in [-0.2, -0.15) is 0 Å². The van der Waals surface area contributed by atoms with Gasteiger partial charge in [0.1, 0.15) is 11.9 Å². The van der Waals surface area contributed by atoms with Crippen molar-refractivity contribution in [1.29, 1.82) is 0 Å². The van der Waals surface area contributed by atoms with E-state index >= 15 is 0 Å². The van der Waals surface area contributed by atoms with Gasteiger partial charge in [0.05, 0.1) is 0 Å². The number of carbonyl (C=O) groups is 3. The van der Waals surface area contributed by atoms with Crippen LogP contribution in [0.1, 0.15) is 24.8 Å². The van der Waals surface area contributed by atoms with E-state index in [1.54, 1.807) is 12.1 Å². The van der Waals surface area contributed by atoms with E-state index in [1.165, 1.54) is 12.1 Å². The smallest absolute Gasteiger partial charge is 0.326 e. The zero-order valence-electron chi connectivity index (χ0n) is 11.2. The SMILES string of the molecule is O=C(O)CCC(NC(=O)CCc1ccc(F)cc1)C(=O)O. The molecule has 0 fully saturated rings. The van der Waals surface area contributed by atoms with Gasteiger partial charge < -0.3 is 15.5 Å². The number of carbonyl (C=O) groups excluding carboxylic acids is 1. The normalized spacial score (nSPS) is 11.7. The number of rotatable bonds is 8. The standard InChI is InChI=1S/C14H16FNO5/c15-10-4-1-9(2-5-10)3-7-12(17)16-11(14(20)21)6-8-13(18)19/h1-2,4-5,11H,3,6-8H2,(H,16,17)(H,18,19)(H,20,21). The summed E-state index contributed by atoms with van der Waals surface area (Å²) >= 11 is 0. The molecule has 7 heteroatoms. The minimum absolute atomic E-state index is 0.0441. The van der Waals surface area contributed by atoms with E-state index in [0.29, 0.717) is 6.42 Å². The number of nitrogens with one attached hydrogen (secondary N) is 1. The average Bonchev–Trinajstić information content (AvgIpc) is 2.42. The Kier molecular flexibility index (Phi) is 6.32. The number of benzene rings is 1. The van der Waals surface area contributed by atoms with Crippen LogP contribution in [0, 0.1) is 5.82 Å². The lowest BCUT2D eigenvalue weighted by atomic mass is 10.1. The summed E-state index contributed by atoms with van der Waals surface area (Å²) in [6, 6.07) is 4.42. The molecule has 1 aromatic carbocycles. The van der Waals surface area contributed by atoms with Crippen LogP contribution in [-0.4, -0.2) is 34.1 Å². The molecule has 0 spiro atoms. The van der Waals surface area contributed by atoms with Crippen LogP contribution in [0.2, 0.25) is 0 Å². The molecule has 0 aliphatic rings. The fourth-order valence-electron chi connectivity index (χ4n) is 1.70. The van der Waals surface area contributed by atoms with Crippen LogP contribution in [0.15, 0.2) is 24.3 Å². The molecular formula is C14H16FNO5. The second kappa shape index (κ2) is 7.98. The van der Waals surface area contributed by atoms with Crippen molar-refractivity contribution in [2.45, 2.75) is 31.7 Å². The van der Waals surface area contributed by atoms with Crippen LogP contribution in [0.5, 0.6) is 0 Å². The zero-order valence-corrected chi connectivity index (χ0v) is 11.2. The Hall–Kier alpha value is -2.44. The Morgan fingerprint density at radius 2 is 1.71 bits per heavy atom. The second-order valence-corrected chi connectivity index (χ2v) is 4.52.